The zero-order chi connectivity index (χ0) is 9.42. The molecule has 0 amide bonds. The first kappa shape index (κ1) is 8.72. The lowest BCUT2D eigenvalue weighted by Crippen LogP contribution is -2.15. The summed E-state index contributed by atoms with van der Waals surface area (Å²) in [6.45, 7) is 2.70. The van der Waals surface area contributed by atoms with Gasteiger partial charge in [0.05, 0.1) is 11.8 Å². The lowest BCUT2D eigenvalue weighted by Gasteiger charge is -2.07. The highest BCUT2D eigenvalue weighted by Crippen LogP contribution is 2.24. The number of hydrogen-bond acceptors (Lipinski definition) is 3. The highest BCUT2D eigenvalue weighted by Gasteiger charge is 2.25. The molecule has 0 spiro atoms. The van der Waals surface area contributed by atoms with Gasteiger partial charge >= 0.3 is 0 Å². The van der Waals surface area contributed by atoms with E-state index in [-0.39, 0.29) is 12.1 Å². The van der Waals surface area contributed by atoms with E-state index >= 15 is 0 Å². The Morgan fingerprint density at radius 2 is 2.46 bits per heavy atom. The predicted octanol–water partition coefficient (Wildman–Crippen LogP) is 0.124. The molecular weight excluding hydrogens is 166 g/mol. The van der Waals surface area contributed by atoms with Gasteiger partial charge < -0.3 is 10.4 Å². The number of aliphatic hydroxyl groups is 1. The van der Waals surface area contributed by atoms with Crippen LogP contribution in [0.3, 0.4) is 0 Å². The molecule has 4 nitrogen and oxygen atoms in total. The van der Waals surface area contributed by atoms with Crippen LogP contribution in [0.15, 0.2) is 6.20 Å². The minimum Gasteiger partial charge on any atom is -0.392 e. The minimum atomic E-state index is -0.204. The normalized spacial score (nSPS) is 28.2. The summed E-state index contributed by atoms with van der Waals surface area (Å²) in [4.78, 5) is 0. The third-order valence-corrected chi connectivity index (χ3v) is 2.53. The van der Waals surface area contributed by atoms with Gasteiger partial charge in [0.25, 0.3) is 0 Å². The fourth-order valence-corrected chi connectivity index (χ4v) is 1.91. The number of aryl methyl sites for hydroxylation is 2. The smallest absolute Gasteiger partial charge is 0.0683 e. The van der Waals surface area contributed by atoms with Crippen LogP contribution in [0, 0.1) is 6.92 Å². The Bertz CT molecular complexity index is 308. The van der Waals surface area contributed by atoms with Gasteiger partial charge in [-0.1, -0.05) is 0 Å². The zero-order valence-corrected chi connectivity index (χ0v) is 7.99. The number of aliphatic hydroxyl groups excluding tert-OH is 1. The van der Waals surface area contributed by atoms with Crippen LogP contribution in [-0.4, -0.2) is 27.5 Å². The molecule has 0 aromatic carbocycles. The van der Waals surface area contributed by atoms with Crippen molar-refractivity contribution in [3.05, 3.63) is 17.5 Å². The maximum Gasteiger partial charge on any atom is 0.0683 e. The Balaban J connectivity index is 2.20. The van der Waals surface area contributed by atoms with Crippen molar-refractivity contribution in [2.75, 3.05) is 6.54 Å². The van der Waals surface area contributed by atoms with Crippen molar-refractivity contribution in [1.29, 1.82) is 0 Å². The molecule has 72 valence electrons. The molecule has 0 aliphatic carbocycles. The van der Waals surface area contributed by atoms with Gasteiger partial charge in [-0.3, -0.25) is 4.68 Å². The summed E-state index contributed by atoms with van der Waals surface area (Å²) in [6.07, 6.45) is 2.61. The molecule has 2 heterocycles. The van der Waals surface area contributed by atoms with Crippen molar-refractivity contribution in [3.8, 4) is 0 Å². The molecule has 1 aliphatic heterocycles. The van der Waals surface area contributed by atoms with Crippen LogP contribution in [0.25, 0.3) is 0 Å². The second-order valence-corrected chi connectivity index (χ2v) is 3.69. The van der Waals surface area contributed by atoms with Gasteiger partial charge in [0.2, 0.25) is 0 Å². The van der Waals surface area contributed by atoms with Gasteiger partial charge in [-0.15, -0.1) is 0 Å². The monoisotopic (exact) mass is 181 g/mol. The number of nitrogens with one attached hydrogen (secondary N) is 1. The average molecular weight is 181 g/mol. The second kappa shape index (κ2) is 3.12. The molecule has 2 unspecified atom stereocenters. The summed E-state index contributed by atoms with van der Waals surface area (Å²) in [6, 6.07) is 0.281. The van der Waals surface area contributed by atoms with Gasteiger partial charge in [-0.05, 0) is 13.3 Å². The predicted molar refractivity (Wildman–Crippen MR) is 49.3 cm³/mol. The molecule has 4 heteroatoms. The van der Waals surface area contributed by atoms with Crippen LogP contribution in [0.2, 0.25) is 0 Å². The van der Waals surface area contributed by atoms with Crippen molar-refractivity contribution in [2.45, 2.75) is 25.5 Å². The summed E-state index contributed by atoms with van der Waals surface area (Å²) in [5, 5.41) is 16.9. The van der Waals surface area contributed by atoms with Crippen LogP contribution in [-0.2, 0) is 7.05 Å². The Labute approximate surface area is 77.6 Å². The molecule has 0 saturated carbocycles. The lowest BCUT2D eigenvalue weighted by atomic mass is 10.1. The highest BCUT2D eigenvalue weighted by atomic mass is 16.3. The van der Waals surface area contributed by atoms with Gasteiger partial charge in [0.15, 0.2) is 0 Å². The second-order valence-electron chi connectivity index (χ2n) is 3.69. The largest absolute Gasteiger partial charge is 0.392 e. The van der Waals surface area contributed by atoms with E-state index in [9.17, 15) is 5.11 Å². The Morgan fingerprint density at radius 1 is 1.69 bits per heavy atom. The fourth-order valence-electron chi connectivity index (χ4n) is 1.91. The molecule has 1 fully saturated rings. The van der Waals surface area contributed by atoms with E-state index < -0.39 is 0 Å². The zero-order valence-electron chi connectivity index (χ0n) is 7.99. The Hall–Kier alpha value is -0.870. The highest BCUT2D eigenvalue weighted by molar-refractivity contribution is 5.21. The van der Waals surface area contributed by atoms with Crippen LogP contribution in [0.4, 0.5) is 0 Å². The fraction of sp³-hybridized carbons (Fsp3) is 0.667. The number of aromatic nitrogens is 2. The van der Waals surface area contributed by atoms with Gasteiger partial charge in [-0.25, -0.2) is 0 Å². The molecule has 0 bridgehead atoms. The van der Waals surface area contributed by atoms with Crippen LogP contribution in [0.5, 0.6) is 0 Å². The van der Waals surface area contributed by atoms with Gasteiger partial charge in [0, 0.05) is 31.4 Å². The first-order chi connectivity index (χ1) is 6.16. The van der Waals surface area contributed by atoms with E-state index in [2.05, 4.69) is 10.4 Å². The molecule has 2 N–H and O–H groups in total. The summed E-state index contributed by atoms with van der Waals surface area (Å²) in [7, 11) is 1.92. The molecule has 1 aromatic rings. The van der Waals surface area contributed by atoms with E-state index in [1.54, 1.807) is 0 Å². The first-order valence-corrected chi connectivity index (χ1v) is 4.58. The van der Waals surface area contributed by atoms with Crippen LogP contribution in [0.1, 0.15) is 23.7 Å². The molecule has 1 aromatic heterocycles. The van der Waals surface area contributed by atoms with Crippen molar-refractivity contribution in [2.24, 2.45) is 7.05 Å². The van der Waals surface area contributed by atoms with Crippen molar-refractivity contribution in [1.82, 2.24) is 15.1 Å². The van der Waals surface area contributed by atoms with Crippen LogP contribution >= 0.6 is 0 Å². The molecule has 2 rings (SSSR count). The maximum atomic E-state index is 9.37. The first-order valence-electron chi connectivity index (χ1n) is 4.58. The minimum absolute atomic E-state index is 0.204. The SMILES string of the molecule is Cc1nn(C)cc1C1CC(O)CN1. The average Bonchev–Trinajstić information content (AvgIpc) is 2.58. The topological polar surface area (TPSA) is 50.1 Å². The number of hydrogen-bond donors (Lipinski definition) is 2. The standard InChI is InChI=1S/C9H15N3O/c1-6-8(5-12(2)11-6)9-3-7(13)4-10-9/h5,7,9-10,13H,3-4H2,1-2H3. The third kappa shape index (κ3) is 1.59. The number of β-amino-alcohol motifs (C(OH)–C–C–N with tert-alkyl or cyclic N) is 1. The van der Waals surface area contributed by atoms with Gasteiger partial charge in [0.1, 0.15) is 0 Å². The van der Waals surface area contributed by atoms with Crippen molar-refractivity contribution < 1.29 is 5.11 Å². The third-order valence-electron chi connectivity index (χ3n) is 2.53. The molecule has 13 heavy (non-hydrogen) atoms. The van der Waals surface area contributed by atoms with E-state index in [1.165, 1.54) is 5.56 Å². The van der Waals surface area contributed by atoms with E-state index in [0.29, 0.717) is 6.54 Å². The van der Waals surface area contributed by atoms with Crippen molar-refractivity contribution in [3.63, 3.8) is 0 Å². The van der Waals surface area contributed by atoms with Crippen LogP contribution < -0.4 is 5.32 Å². The molecular formula is C9H15N3O. The maximum absolute atomic E-state index is 9.37. The summed E-state index contributed by atoms with van der Waals surface area (Å²) in [5.41, 5.74) is 2.26. The molecule has 2 atom stereocenters. The summed E-state index contributed by atoms with van der Waals surface area (Å²) < 4.78 is 1.82. The molecule has 0 radical (unpaired) electrons. The Kier molecular flexibility index (Phi) is 2.09. The number of rotatable bonds is 1. The summed E-state index contributed by atoms with van der Waals surface area (Å²) >= 11 is 0. The number of nitrogens with zero attached hydrogens (tertiary/aromatic N) is 2. The molecule has 1 aliphatic rings. The van der Waals surface area contributed by atoms with Crippen molar-refractivity contribution >= 4 is 0 Å². The van der Waals surface area contributed by atoms with E-state index in [1.807, 2.05) is 24.9 Å². The van der Waals surface area contributed by atoms with E-state index in [0.717, 1.165) is 12.1 Å². The quantitative estimate of drug-likeness (QED) is 0.647. The Morgan fingerprint density at radius 3 is 2.92 bits per heavy atom. The molecule has 1 saturated heterocycles. The van der Waals surface area contributed by atoms with Gasteiger partial charge in [-0.2, -0.15) is 5.10 Å². The lowest BCUT2D eigenvalue weighted by molar-refractivity contribution is 0.193. The van der Waals surface area contributed by atoms with E-state index in [4.69, 9.17) is 0 Å². The summed E-state index contributed by atoms with van der Waals surface area (Å²) in [5.74, 6) is 0.